The third-order valence-electron chi connectivity index (χ3n) is 2.01. The van der Waals surface area contributed by atoms with Gasteiger partial charge < -0.3 is 9.47 Å². The summed E-state index contributed by atoms with van der Waals surface area (Å²) in [5.41, 5.74) is 0. The van der Waals surface area contributed by atoms with E-state index in [1.54, 1.807) is 0 Å². The zero-order chi connectivity index (χ0) is 8.65. The molecule has 0 aromatic rings. The van der Waals surface area contributed by atoms with E-state index >= 15 is 0 Å². The van der Waals surface area contributed by atoms with Gasteiger partial charge in [0.1, 0.15) is 0 Å². The molecule has 0 bridgehead atoms. The van der Waals surface area contributed by atoms with Crippen LogP contribution in [0.3, 0.4) is 0 Å². The van der Waals surface area contributed by atoms with E-state index in [1.807, 2.05) is 13.8 Å². The van der Waals surface area contributed by atoms with Crippen molar-refractivity contribution >= 4 is 0 Å². The van der Waals surface area contributed by atoms with Crippen LogP contribution < -0.4 is 0 Å². The average Bonchev–Trinajstić information content (AvgIpc) is 2.05. The summed E-state index contributed by atoms with van der Waals surface area (Å²) in [6.07, 6.45) is 0.481. The van der Waals surface area contributed by atoms with Crippen molar-refractivity contribution in [1.82, 2.24) is 0 Å². The predicted molar refractivity (Wildman–Crippen MR) is 44.3 cm³/mol. The topological polar surface area (TPSA) is 18.5 Å². The Bertz CT molecular complexity index is 140. The summed E-state index contributed by atoms with van der Waals surface area (Å²) < 4.78 is 11.3. The molecular formula is C9H18O2. The lowest BCUT2D eigenvalue weighted by molar-refractivity contribution is -0.148. The van der Waals surface area contributed by atoms with Gasteiger partial charge in [-0.1, -0.05) is 13.8 Å². The molecule has 1 aliphatic heterocycles. The Morgan fingerprint density at radius 1 is 1.18 bits per heavy atom. The molecule has 0 aliphatic carbocycles. The lowest BCUT2D eigenvalue weighted by atomic mass is 10.0. The van der Waals surface area contributed by atoms with Gasteiger partial charge in [-0.2, -0.15) is 0 Å². The summed E-state index contributed by atoms with van der Waals surface area (Å²) in [5.74, 6) is 0.153. The molecule has 1 fully saturated rings. The van der Waals surface area contributed by atoms with Gasteiger partial charge in [0.25, 0.3) is 0 Å². The molecule has 0 amide bonds. The van der Waals surface area contributed by atoms with Crippen LogP contribution in [0.4, 0.5) is 0 Å². The summed E-state index contributed by atoms with van der Waals surface area (Å²) >= 11 is 0. The normalized spacial score (nSPS) is 36.5. The molecule has 1 heterocycles. The van der Waals surface area contributed by atoms with E-state index in [0.29, 0.717) is 5.92 Å². The first-order chi connectivity index (χ1) is 4.92. The highest BCUT2D eigenvalue weighted by Crippen LogP contribution is 2.31. The fourth-order valence-electron chi connectivity index (χ4n) is 1.64. The summed E-state index contributed by atoms with van der Waals surface area (Å²) in [6, 6.07) is 0. The molecule has 0 aromatic carbocycles. The lowest BCUT2D eigenvalue weighted by Gasteiger charge is -2.18. The Kier molecular flexibility index (Phi) is 2.26. The Balaban J connectivity index is 2.59. The van der Waals surface area contributed by atoms with Gasteiger partial charge in [0.2, 0.25) is 0 Å². The second kappa shape index (κ2) is 2.76. The molecule has 2 nitrogen and oxygen atoms in total. The smallest absolute Gasteiger partial charge is 0.163 e. The van der Waals surface area contributed by atoms with Crippen LogP contribution in [0.15, 0.2) is 0 Å². The van der Waals surface area contributed by atoms with E-state index in [9.17, 15) is 0 Å². The average molecular weight is 158 g/mol. The Labute approximate surface area is 68.9 Å². The maximum atomic E-state index is 5.70. The van der Waals surface area contributed by atoms with Gasteiger partial charge in [0.15, 0.2) is 5.79 Å². The SMILES string of the molecule is CC(C)C1OC(C)(C)OC1C. The molecular weight excluding hydrogens is 140 g/mol. The second-order valence-electron chi connectivity index (χ2n) is 4.05. The summed E-state index contributed by atoms with van der Waals surface area (Å²) in [5, 5.41) is 0. The predicted octanol–water partition coefficient (Wildman–Crippen LogP) is 2.18. The van der Waals surface area contributed by atoms with E-state index < -0.39 is 0 Å². The largest absolute Gasteiger partial charge is 0.345 e. The Hall–Kier alpha value is -0.0800. The van der Waals surface area contributed by atoms with E-state index in [2.05, 4.69) is 20.8 Å². The molecule has 0 spiro atoms. The molecule has 11 heavy (non-hydrogen) atoms. The van der Waals surface area contributed by atoms with Crippen LogP contribution in [0.2, 0.25) is 0 Å². The van der Waals surface area contributed by atoms with Crippen molar-refractivity contribution in [3.05, 3.63) is 0 Å². The van der Waals surface area contributed by atoms with Gasteiger partial charge in [0, 0.05) is 0 Å². The molecule has 2 heteroatoms. The minimum absolute atomic E-state index is 0.227. The molecule has 0 N–H and O–H groups in total. The number of rotatable bonds is 1. The molecule has 2 atom stereocenters. The van der Waals surface area contributed by atoms with Gasteiger partial charge in [0.05, 0.1) is 12.2 Å². The fraction of sp³-hybridized carbons (Fsp3) is 1.00. The van der Waals surface area contributed by atoms with Gasteiger partial charge in [-0.15, -0.1) is 0 Å². The van der Waals surface area contributed by atoms with Gasteiger partial charge in [-0.25, -0.2) is 0 Å². The van der Waals surface area contributed by atoms with Crippen LogP contribution in [0, 0.1) is 5.92 Å². The molecule has 66 valence electrons. The van der Waals surface area contributed by atoms with Crippen LogP contribution in [0.5, 0.6) is 0 Å². The first kappa shape index (κ1) is 9.01. The summed E-state index contributed by atoms with van der Waals surface area (Å²) in [6.45, 7) is 10.3. The maximum absolute atomic E-state index is 5.70. The molecule has 0 saturated carbocycles. The van der Waals surface area contributed by atoms with Crippen molar-refractivity contribution in [2.24, 2.45) is 5.92 Å². The first-order valence-corrected chi connectivity index (χ1v) is 4.28. The quantitative estimate of drug-likeness (QED) is 0.582. The van der Waals surface area contributed by atoms with Gasteiger partial charge >= 0.3 is 0 Å². The van der Waals surface area contributed by atoms with E-state index in [1.165, 1.54) is 0 Å². The Morgan fingerprint density at radius 2 is 1.73 bits per heavy atom. The van der Waals surface area contributed by atoms with E-state index in [0.717, 1.165) is 0 Å². The first-order valence-electron chi connectivity index (χ1n) is 4.28. The summed E-state index contributed by atoms with van der Waals surface area (Å²) in [4.78, 5) is 0. The van der Waals surface area contributed by atoms with Crippen LogP contribution in [0.1, 0.15) is 34.6 Å². The van der Waals surface area contributed by atoms with E-state index in [4.69, 9.17) is 9.47 Å². The van der Waals surface area contributed by atoms with Crippen molar-refractivity contribution in [2.75, 3.05) is 0 Å². The van der Waals surface area contributed by atoms with E-state index in [-0.39, 0.29) is 18.0 Å². The van der Waals surface area contributed by atoms with Crippen molar-refractivity contribution in [1.29, 1.82) is 0 Å². The number of ether oxygens (including phenoxy) is 2. The monoisotopic (exact) mass is 158 g/mol. The summed E-state index contributed by atoms with van der Waals surface area (Å²) in [7, 11) is 0. The lowest BCUT2D eigenvalue weighted by Crippen LogP contribution is -2.25. The highest BCUT2D eigenvalue weighted by atomic mass is 16.7. The van der Waals surface area contributed by atoms with Crippen LogP contribution in [-0.2, 0) is 9.47 Å². The minimum Gasteiger partial charge on any atom is -0.345 e. The van der Waals surface area contributed by atoms with Crippen molar-refractivity contribution in [3.8, 4) is 0 Å². The second-order valence-corrected chi connectivity index (χ2v) is 4.05. The van der Waals surface area contributed by atoms with Crippen molar-refractivity contribution in [2.45, 2.75) is 52.6 Å². The molecule has 1 saturated heterocycles. The zero-order valence-electron chi connectivity index (χ0n) is 8.05. The Morgan fingerprint density at radius 3 is 1.91 bits per heavy atom. The molecule has 1 rings (SSSR count). The number of hydrogen-bond donors (Lipinski definition) is 0. The minimum atomic E-state index is -0.381. The molecule has 0 radical (unpaired) electrons. The third kappa shape index (κ3) is 1.94. The number of hydrogen-bond acceptors (Lipinski definition) is 2. The van der Waals surface area contributed by atoms with Crippen LogP contribution in [0.25, 0.3) is 0 Å². The van der Waals surface area contributed by atoms with Gasteiger partial charge in [-0.3, -0.25) is 0 Å². The highest BCUT2D eigenvalue weighted by Gasteiger charge is 2.39. The molecule has 2 unspecified atom stereocenters. The zero-order valence-corrected chi connectivity index (χ0v) is 8.05. The van der Waals surface area contributed by atoms with Gasteiger partial charge in [-0.05, 0) is 26.7 Å². The standard InChI is InChI=1S/C9H18O2/c1-6(2)8-7(3)10-9(4,5)11-8/h6-8H,1-5H3. The van der Waals surface area contributed by atoms with Crippen LogP contribution >= 0.6 is 0 Å². The van der Waals surface area contributed by atoms with Crippen LogP contribution in [-0.4, -0.2) is 18.0 Å². The fourth-order valence-corrected chi connectivity index (χ4v) is 1.64. The molecule has 1 aliphatic rings. The van der Waals surface area contributed by atoms with Crippen molar-refractivity contribution < 1.29 is 9.47 Å². The maximum Gasteiger partial charge on any atom is 0.163 e. The third-order valence-corrected chi connectivity index (χ3v) is 2.01. The van der Waals surface area contributed by atoms with Crippen molar-refractivity contribution in [3.63, 3.8) is 0 Å². The highest BCUT2D eigenvalue weighted by molar-refractivity contribution is 4.80. The molecule has 0 aromatic heterocycles.